The maximum atomic E-state index is 9.87. The Morgan fingerprint density at radius 1 is 0.254 bits per heavy atom. The number of hydrogen-bond donors (Lipinski definition) is 0. The fourth-order valence-corrected chi connectivity index (χ4v) is 8.64. The Morgan fingerprint density at radius 2 is 0.678 bits per heavy atom. The molecule has 0 amide bonds. The van der Waals surface area contributed by atoms with Gasteiger partial charge in [0.05, 0.1) is 5.48 Å². The lowest BCUT2D eigenvalue weighted by Gasteiger charge is -2.27. The lowest BCUT2D eigenvalue weighted by atomic mass is 9.93. The van der Waals surface area contributed by atoms with E-state index in [9.17, 15) is 5.48 Å². The Labute approximate surface area is 350 Å². The van der Waals surface area contributed by atoms with Crippen molar-refractivity contribution in [3.8, 4) is 44.5 Å². The molecule has 0 aliphatic heterocycles. The Morgan fingerprint density at radius 3 is 1.19 bits per heavy atom. The van der Waals surface area contributed by atoms with Crippen molar-refractivity contribution in [3.05, 3.63) is 236 Å². The van der Waals surface area contributed by atoms with Crippen molar-refractivity contribution in [1.82, 2.24) is 0 Å². The first kappa shape index (κ1) is 30.4. The van der Waals surface area contributed by atoms with Gasteiger partial charge in [0.25, 0.3) is 0 Å². The molecule has 0 radical (unpaired) electrons. The van der Waals surface area contributed by atoms with Gasteiger partial charge in [-0.25, -0.2) is 0 Å². The molecule has 59 heavy (non-hydrogen) atoms. The van der Waals surface area contributed by atoms with Crippen LogP contribution in [0.1, 0.15) is 5.48 Å². The Kier molecular flexibility index (Phi) is 7.55. The second-order valence-electron chi connectivity index (χ2n) is 15.0. The van der Waals surface area contributed by atoms with Gasteiger partial charge in [0.15, 0.2) is 0 Å². The maximum absolute atomic E-state index is 9.87. The third kappa shape index (κ3) is 6.30. The number of fused-ring (bicyclic) bond motifs is 6. The molecule has 0 atom stereocenters. The summed E-state index contributed by atoms with van der Waals surface area (Å²) in [6.45, 7) is 0. The fraction of sp³-hybridized carbons (Fsp3) is 0. The molecular weight excluding hydrogens is 711 g/mol. The molecular formula is C58H39N. The van der Waals surface area contributed by atoms with Crippen molar-refractivity contribution in [2.24, 2.45) is 0 Å². The van der Waals surface area contributed by atoms with Crippen LogP contribution in [-0.4, -0.2) is 0 Å². The van der Waals surface area contributed by atoms with E-state index >= 15 is 0 Å². The van der Waals surface area contributed by atoms with Gasteiger partial charge in [-0.05, 0) is 142 Å². The summed E-state index contributed by atoms with van der Waals surface area (Å²) in [5.41, 5.74) is 8.64. The van der Waals surface area contributed by atoms with Gasteiger partial charge < -0.3 is 4.90 Å². The average molecular weight is 754 g/mol. The van der Waals surface area contributed by atoms with Crippen LogP contribution >= 0.6 is 0 Å². The third-order valence-corrected chi connectivity index (χ3v) is 11.5. The average Bonchev–Trinajstić information content (AvgIpc) is 3.35. The van der Waals surface area contributed by atoms with Crippen molar-refractivity contribution < 1.29 is 5.48 Å². The number of benzene rings is 11. The fourth-order valence-electron chi connectivity index (χ4n) is 8.64. The highest BCUT2D eigenvalue weighted by Crippen LogP contribution is 2.43. The monoisotopic (exact) mass is 753 g/mol. The topological polar surface area (TPSA) is 3.24 Å². The number of nitrogens with zero attached hydrogens (tertiary/aromatic N) is 1. The highest BCUT2D eigenvalue weighted by molar-refractivity contribution is 6.15. The molecule has 0 aliphatic rings. The van der Waals surface area contributed by atoms with Crippen LogP contribution in [0.4, 0.5) is 17.1 Å². The van der Waals surface area contributed by atoms with Gasteiger partial charge in [-0.15, -0.1) is 0 Å². The number of anilines is 3. The van der Waals surface area contributed by atoms with E-state index in [4.69, 9.17) is 0 Å². The van der Waals surface area contributed by atoms with E-state index < -0.39 is 0 Å². The van der Waals surface area contributed by atoms with Crippen molar-refractivity contribution in [3.63, 3.8) is 0 Å². The van der Waals surface area contributed by atoms with Crippen LogP contribution in [0.25, 0.3) is 87.6 Å². The van der Waals surface area contributed by atoms with Gasteiger partial charge >= 0.3 is 0 Å². The zero-order valence-corrected chi connectivity index (χ0v) is 32.2. The van der Waals surface area contributed by atoms with Crippen LogP contribution < -0.4 is 4.90 Å². The molecule has 276 valence electrons. The van der Waals surface area contributed by atoms with Crippen LogP contribution in [-0.2, 0) is 0 Å². The molecule has 0 spiro atoms. The Balaban J connectivity index is 1.16. The van der Waals surface area contributed by atoms with Gasteiger partial charge in [-0.2, -0.15) is 0 Å². The molecule has 0 bridgehead atoms. The minimum Gasteiger partial charge on any atom is -0.310 e. The lowest BCUT2D eigenvalue weighted by Crippen LogP contribution is -2.10. The van der Waals surface area contributed by atoms with Gasteiger partial charge in [-0.3, -0.25) is 0 Å². The SMILES string of the molecule is [2H]c1c([2H])c(N(c2ccc(-c3cc4ccccc4c4ccccc34)cc2)c2cc(-c3ccccc3)cc(-c3ccccc3)c2)c([2H])c([2H])c1-c1cc2ccccc2c2ccccc12. The molecule has 11 aromatic rings. The molecule has 11 rings (SSSR count). The van der Waals surface area contributed by atoms with Gasteiger partial charge in [0.1, 0.15) is 0 Å². The quantitative estimate of drug-likeness (QED) is 0.147. The molecule has 0 fully saturated rings. The predicted molar refractivity (Wildman–Crippen MR) is 253 cm³/mol. The van der Waals surface area contributed by atoms with Crippen LogP contribution in [0.5, 0.6) is 0 Å². The molecule has 0 aliphatic carbocycles. The second kappa shape index (κ2) is 14.6. The lowest BCUT2D eigenvalue weighted by molar-refractivity contribution is 1.28. The summed E-state index contributed by atoms with van der Waals surface area (Å²) in [4.78, 5) is 1.91. The summed E-state index contributed by atoms with van der Waals surface area (Å²) in [6.07, 6.45) is 0. The van der Waals surface area contributed by atoms with Crippen LogP contribution in [0.15, 0.2) is 236 Å². The zero-order chi connectivity index (χ0) is 42.6. The summed E-state index contributed by atoms with van der Waals surface area (Å²) in [5.74, 6) is 0. The normalized spacial score (nSPS) is 12.3. The van der Waals surface area contributed by atoms with Crippen LogP contribution in [0, 0.1) is 0 Å². The molecule has 0 unspecified atom stereocenters. The van der Waals surface area contributed by atoms with Crippen molar-refractivity contribution in [2.45, 2.75) is 0 Å². The van der Waals surface area contributed by atoms with Crippen molar-refractivity contribution >= 4 is 60.2 Å². The summed E-state index contributed by atoms with van der Waals surface area (Å²) >= 11 is 0. The van der Waals surface area contributed by atoms with Gasteiger partial charge in [-0.1, -0.05) is 182 Å². The first-order valence-electron chi connectivity index (χ1n) is 22.0. The third-order valence-electron chi connectivity index (χ3n) is 11.5. The van der Waals surface area contributed by atoms with E-state index in [2.05, 4.69) is 121 Å². The van der Waals surface area contributed by atoms with E-state index in [1.807, 2.05) is 95.9 Å². The standard InChI is InChI=1S/C58H39N/c1-3-15-40(16-4-1)46-35-47(41-17-5-2-6-18-41)37-50(36-46)59(48-31-27-42(28-32-48)57-38-44-19-7-9-21-51(44)53-23-11-13-25-55(53)57)49-33-29-43(30-34-49)58-39-45-20-8-10-22-52(45)54-24-12-14-26-56(54)58/h1-39H/i27D,28D,31D,32D. The van der Waals surface area contributed by atoms with Crippen LogP contribution in [0.3, 0.4) is 0 Å². The highest BCUT2D eigenvalue weighted by Gasteiger charge is 2.18. The van der Waals surface area contributed by atoms with Crippen molar-refractivity contribution in [2.75, 3.05) is 4.90 Å². The summed E-state index contributed by atoms with van der Waals surface area (Å²) in [7, 11) is 0. The molecule has 11 aromatic carbocycles. The minimum absolute atomic E-state index is 0.0989. The molecule has 0 saturated carbocycles. The molecule has 0 aromatic heterocycles. The van der Waals surface area contributed by atoms with E-state index in [1.54, 1.807) is 0 Å². The van der Waals surface area contributed by atoms with Gasteiger partial charge in [0, 0.05) is 17.1 Å². The van der Waals surface area contributed by atoms with Crippen molar-refractivity contribution in [1.29, 1.82) is 0 Å². The molecule has 1 heteroatoms. The largest absolute Gasteiger partial charge is 0.310 e. The summed E-state index contributed by atoms with van der Waals surface area (Å²) in [5, 5.41) is 8.62. The van der Waals surface area contributed by atoms with E-state index in [0.717, 1.165) is 65.7 Å². The summed E-state index contributed by atoms with van der Waals surface area (Å²) < 4.78 is 39.2. The number of hydrogen-bond acceptors (Lipinski definition) is 1. The Bertz CT molecular complexity index is 3460. The van der Waals surface area contributed by atoms with E-state index in [0.29, 0.717) is 16.9 Å². The highest BCUT2D eigenvalue weighted by atomic mass is 15.1. The molecule has 0 N–H and O–H groups in total. The first-order valence-corrected chi connectivity index (χ1v) is 20.0. The minimum atomic E-state index is -0.126. The smallest absolute Gasteiger partial charge is 0.0645 e. The second-order valence-corrected chi connectivity index (χ2v) is 15.0. The van der Waals surface area contributed by atoms with E-state index in [1.165, 1.54) is 10.8 Å². The summed E-state index contributed by atoms with van der Waals surface area (Å²) in [6, 6.07) is 71.9. The maximum Gasteiger partial charge on any atom is 0.0645 e. The molecule has 1 nitrogen and oxygen atoms in total. The first-order chi connectivity index (χ1) is 30.9. The number of rotatable bonds is 7. The molecule has 0 saturated heterocycles. The molecule has 0 heterocycles. The van der Waals surface area contributed by atoms with Gasteiger partial charge in [0.2, 0.25) is 0 Å². The predicted octanol–water partition coefficient (Wildman–Crippen LogP) is 16.4. The van der Waals surface area contributed by atoms with E-state index in [-0.39, 0.29) is 35.4 Å². The zero-order valence-electron chi connectivity index (χ0n) is 36.2. The van der Waals surface area contributed by atoms with Crippen LogP contribution in [0.2, 0.25) is 0 Å². The Hall–Kier alpha value is -7.74.